The van der Waals surface area contributed by atoms with E-state index in [9.17, 15) is 9.59 Å². The average molecular weight is 394 g/mol. The molecule has 0 bridgehead atoms. The van der Waals surface area contributed by atoms with E-state index in [0.29, 0.717) is 30.8 Å². The summed E-state index contributed by atoms with van der Waals surface area (Å²) in [6.07, 6.45) is 3.66. The Hall–Kier alpha value is -2.28. The number of halogens is 1. The van der Waals surface area contributed by atoms with Crippen molar-refractivity contribution in [2.45, 2.75) is 25.8 Å². The number of nitrogens with zero attached hydrogens (tertiary/aromatic N) is 3. The SMILES string of the molecule is COc1cnc2c(ccn2C)c1C(=O)C1CN(C(=O)OC(C)Cl)CCC1C. The number of ketones is 1. The smallest absolute Gasteiger partial charge is 0.411 e. The zero-order valence-electron chi connectivity index (χ0n) is 15.9. The molecule has 27 heavy (non-hydrogen) atoms. The van der Waals surface area contributed by atoms with Gasteiger partial charge in [0.05, 0.1) is 18.9 Å². The van der Waals surface area contributed by atoms with Gasteiger partial charge in [-0.05, 0) is 25.3 Å². The first-order chi connectivity index (χ1) is 12.8. The molecule has 146 valence electrons. The summed E-state index contributed by atoms with van der Waals surface area (Å²) >= 11 is 5.76. The van der Waals surface area contributed by atoms with Crippen molar-refractivity contribution in [1.82, 2.24) is 14.5 Å². The van der Waals surface area contributed by atoms with Crippen molar-refractivity contribution in [1.29, 1.82) is 0 Å². The molecule has 3 unspecified atom stereocenters. The molecule has 1 amide bonds. The second-order valence-corrected chi connectivity index (χ2v) is 7.59. The fourth-order valence-corrected chi connectivity index (χ4v) is 3.65. The Morgan fingerprint density at radius 3 is 2.81 bits per heavy atom. The number of amides is 1. The Kier molecular flexibility index (Phi) is 5.60. The molecule has 7 nitrogen and oxygen atoms in total. The first-order valence-corrected chi connectivity index (χ1v) is 9.39. The number of pyridine rings is 1. The number of rotatable bonds is 4. The van der Waals surface area contributed by atoms with Gasteiger partial charge in [0.15, 0.2) is 11.3 Å². The van der Waals surface area contributed by atoms with Gasteiger partial charge < -0.3 is 18.9 Å². The van der Waals surface area contributed by atoms with Gasteiger partial charge in [-0.25, -0.2) is 9.78 Å². The minimum Gasteiger partial charge on any atom is -0.494 e. The van der Waals surface area contributed by atoms with Gasteiger partial charge in [0.1, 0.15) is 11.4 Å². The van der Waals surface area contributed by atoms with Crippen molar-refractivity contribution in [3.8, 4) is 5.75 Å². The quantitative estimate of drug-likeness (QED) is 0.587. The lowest BCUT2D eigenvalue weighted by Gasteiger charge is -2.36. The Morgan fingerprint density at radius 1 is 1.41 bits per heavy atom. The lowest BCUT2D eigenvalue weighted by molar-refractivity contribution is 0.0579. The van der Waals surface area contributed by atoms with Crippen LogP contribution in [0.1, 0.15) is 30.6 Å². The molecule has 0 aliphatic carbocycles. The monoisotopic (exact) mass is 393 g/mol. The van der Waals surface area contributed by atoms with E-state index in [2.05, 4.69) is 4.98 Å². The summed E-state index contributed by atoms with van der Waals surface area (Å²) in [7, 11) is 3.41. The fourth-order valence-electron chi connectivity index (χ4n) is 3.58. The average Bonchev–Trinajstić information content (AvgIpc) is 3.01. The Balaban J connectivity index is 1.94. The van der Waals surface area contributed by atoms with Gasteiger partial charge in [-0.1, -0.05) is 18.5 Å². The van der Waals surface area contributed by atoms with Crippen LogP contribution < -0.4 is 4.74 Å². The summed E-state index contributed by atoms with van der Waals surface area (Å²) in [6, 6.07) is 1.87. The second kappa shape index (κ2) is 7.76. The number of Topliss-reactive ketones (excluding diaryl/α,β-unsaturated/α-hetero) is 1. The molecule has 2 aromatic heterocycles. The van der Waals surface area contributed by atoms with E-state index in [0.717, 1.165) is 11.0 Å². The van der Waals surface area contributed by atoms with Crippen LogP contribution in [0.2, 0.25) is 0 Å². The number of aromatic nitrogens is 2. The molecule has 1 aliphatic heterocycles. The highest BCUT2D eigenvalue weighted by molar-refractivity contribution is 6.19. The maximum atomic E-state index is 13.5. The second-order valence-electron chi connectivity index (χ2n) is 6.97. The predicted molar refractivity (Wildman–Crippen MR) is 102 cm³/mol. The predicted octanol–water partition coefficient (Wildman–Crippen LogP) is 3.44. The number of aryl methyl sites for hydroxylation is 1. The minimum atomic E-state index is -0.713. The number of hydrogen-bond acceptors (Lipinski definition) is 5. The van der Waals surface area contributed by atoms with Gasteiger partial charge in [-0.3, -0.25) is 4.79 Å². The number of ether oxygens (including phenoxy) is 2. The highest BCUT2D eigenvalue weighted by atomic mass is 35.5. The molecular formula is C19H24ClN3O4. The van der Waals surface area contributed by atoms with Gasteiger partial charge in [-0.15, -0.1) is 0 Å². The third-order valence-electron chi connectivity index (χ3n) is 5.14. The summed E-state index contributed by atoms with van der Waals surface area (Å²) in [4.78, 5) is 31.6. The van der Waals surface area contributed by atoms with Crippen LogP contribution in [0, 0.1) is 11.8 Å². The number of likely N-dealkylation sites (tertiary alicyclic amines) is 1. The fraction of sp³-hybridized carbons (Fsp3) is 0.526. The van der Waals surface area contributed by atoms with Crippen molar-refractivity contribution in [3.63, 3.8) is 0 Å². The highest BCUT2D eigenvalue weighted by Gasteiger charge is 2.37. The molecule has 1 saturated heterocycles. The molecule has 0 radical (unpaired) electrons. The van der Waals surface area contributed by atoms with Crippen molar-refractivity contribution < 1.29 is 19.1 Å². The van der Waals surface area contributed by atoms with E-state index in [1.807, 2.05) is 30.8 Å². The number of fused-ring (bicyclic) bond motifs is 1. The Bertz CT molecular complexity index is 864. The Morgan fingerprint density at radius 2 is 2.15 bits per heavy atom. The lowest BCUT2D eigenvalue weighted by atomic mass is 9.81. The topological polar surface area (TPSA) is 73.7 Å². The number of hydrogen-bond donors (Lipinski definition) is 0. The lowest BCUT2D eigenvalue weighted by Crippen LogP contribution is -2.46. The summed E-state index contributed by atoms with van der Waals surface area (Å²) in [5.41, 5.74) is 0.519. The first kappa shape index (κ1) is 19.5. The number of alkyl halides is 1. The van der Waals surface area contributed by atoms with E-state index < -0.39 is 11.7 Å². The molecule has 0 aromatic carbocycles. The summed E-state index contributed by atoms with van der Waals surface area (Å²) < 4.78 is 12.4. The van der Waals surface area contributed by atoms with Gasteiger partial charge >= 0.3 is 6.09 Å². The normalized spacial score (nSPS) is 21.1. The van der Waals surface area contributed by atoms with Crippen molar-refractivity contribution in [3.05, 3.63) is 24.0 Å². The number of carbonyl (C=O) groups is 2. The highest BCUT2D eigenvalue weighted by Crippen LogP contribution is 2.34. The van der Waals surface area contributed by atoms with Crippen LogP contribution in [-0.2, 0) is 11.8 Å². The van der Waals surface area contributed by atoms with Crippen molar-refractivity contribution >= 4 is 34.5 Å². The molecule has 0 N–H and O–H groups in total. The third kappa shape index (κ3) is 3.74. The maximum Gasteiger partial charge on any atom is 0.411 e. The summed E-state index contributed by atoms with van der Waals surface area (Å²) in [5, 5.41) is 0.753. The van der Waals surface area contributed by atoms with Crippen LogP contribution in [0.4, 0.5) is 4.79 Å². The summed E-state index contributed by atoms with van der Waals surface area (Å²) in [5.74, 6) is 0.178. The van der Waals surface area contributed by atoms with E-state index in [4.69, 9.17) is 21.1 Å². The molecule has 0 spiro atoms. The molecule has 3 atom stereocenters. The number of methoxy groups -OCH3 is 1. The van der Waals surface area contributed by atoms with E-state index in [1.165, 1.54) is 7.11 Å². The van der Waals surface area contributed by atoms with E-state index >= 15 is 0 Å². The summed E-state index contributed by atoms with van der Waals surface area (Å²) in [6.45, 7) is 4.46. The molecule has 2 aromatic rings. The van der Waals surface area contributed by atoms with Crippen LogP contribution in [0.3, 0.4) is 0 Å². The van der Waals surface area contributed by atoms with Gasteiger partial charge in [0.25, 0.3) is 0 Å². The minimum absolute atomic E-state index is 0.0469. The maximum absolute atomic E-state index is 13.5. The molecule has 1 fully saturated rings. The molecule has 3 heterocycles. The van der Waals surface area contributed by atoms with Crippen LogP contribution >= 0.6 is 11.6 Å². The molecule has 1 aliphatic rings. The van der Waals surface area contributed by atoms with Crippen LogP contribution in [0.5, 0.6) is 5.75 Å². The first-order valence-electron chi connectivity index (χ1n) is 8.95. The molecule has 3 rings (SSSR count). The molecular weight excluding hydrogens is 370 g/mol. The van der Waals surface area contributed by atoms with Crippen molar-refractivity contribution in [2.75, 3.05) is 20.2 Å². The van der Waals surface area contributed by atoms with Gasteiger partial charge in [0.2, 0.25) is 0 Å². The van der Waals surface area contributed by atoms with Crippen molar-refractivity contribution in [2.24, 2.45) is 18.9 Å². The van der Waals surface area contributed by atoms with Crippen LogP contribution in [-0.4, -0.2) is 52.1 Å². The van der Waals surface area contributed by atoms with Gasteiger partial charge in [-0.2, -0.15) is 0 Å². The zero-order chi connectivity index (χ0) is 19.7. The largest absolute Gasteiger partial charge is 0.494 e. The number of piperidine rings is 1. The van der Waals surface area contributed by atoms with E-state index in [1.54, 1.807) is 18.0 Å². The zero-order valence-corrected chi connectivity index (χ0v) is 16.7. The Labute approximate surface area is 163 Å². The van der Waals surface area contributed by atoms with Gasteiger partial charge in [0, 0.05) is 37.6 Å². The number of carbonyl (C=O) groups excluding carboxylic acids is 2. The third-order valence-corrected chi connectivity index (χ3v) is 5.23. The molecule has 0 saturated carbocycles. The van der Waals surface area contributed by atoms with Crippen LogP contribution in [0.25, 0.3) is 11.0 Å². The van der Waals surface area contributed by atoms with E-state index in [-0.39, 0.29) is 17.6 Å². The standard InChI is InChI=1S/C19H24ClN3O4/c1-11-5-8-23(19(25)27-12(2)20)10-14(11)17(24)16-13-6-7-22(3)18(13)21-9-15(16)26-4/h6-7,9,11-12,14H,5,8,10H2,1-4H3. The van der Waals surface area contributed by atoms with Crippen LogP contribution in [0.15, 0.2) is 18.5 Å². The molecule has 8 heteroatoms.